The van der Waals surface area contributed by atoms with Crippen LogP contribution < -0.4 is 10.1 Å². The molecule has 2 unspecified atom stereocenters. The Morgan fingerprint density at radius 3 is 2.67 bits per heavy atom. The predicted molar refractivity (Wildman–Crippen MR) is 78.2 cm³/mol. The zero-order valence-corrected chi connectivity index (χ0v) is 13.1. The van der Waals surface area contributed by atoms with Gasteiger partial charge in [0.25, 0.3) is 0 Å². The van der Waals surface area contributed by atoms with Crippen LogP contribution in [0.4, 0.5) is 0 Å². The Balaban J connectivity index is 2.80. The lowest BCUT2D eigenvalue weighted by Gasteiger charge is -2.20. The fourth-order valence-corrected chi connectivity index (χ4v) is 2.03. The molecule has 1 N–H and O–H groups in total. The molecule has 1 aromatic rings. The Labute approximate surface area is 118 Å². The molecule has 0 aromatic heterocycles. The van der Waals surface area contributed by atoms with Crippen LogP contribution in [0.15, 0.2) is 22.7 Å². The minimum absolute atomic E-state index is 0.0499. The van der Waals surface area contributed by atoms with Gasteiger partial charge < -0.3 is 14.8 Å². The number of hydrogen-bond donors (Lipinski definition) is 1. The van der Waals surface area contributed by atoms with Gasteiger partial charge in [0.05, 0.1) is 6.61 Å². The first kappa shape index (κ1) is 15.5. The molecule has 2 atom stereocenters. The molecule has 0 fully saturated rings. The first-order chi connectivity index (χ1) is 8.58. The summed E-state index contributed by atoms with van der Waals surface area (Å²) in [6.07, 6.45) is 0.0499. The topological polar surface area (TPSA) is 30.5 Å². The van der Waals surface area contributed by atoms with Crippen LogP contribution in [0, 0.1) is 0 Å². The Hall–Kier alpha value is -0.580. The maximum absolute atomic E-state index is 5.94. The van der Waals surface area contributed by atoms with E-state index in [4.69, 9.17) is 9.47 Å². The van der Waals surface area contributed by atoms with Crippen molar-refractivity contribution in [2.45, 2.75) is 32.9 Å². The Morgan fingerprint density at radius 2 is 2.06 bits per heavy atom. The highest BCUT2D eigenvalue weighted by atomic mass is 79.9. The van der Waals surface area contributed by atoms with Gasteiger partial charge in [-0.2, -0.15) is 0 Å². The molecule has 3 nitrogen and oxygen atoms in total. The third-order valence-corrected chi connectivity index (χ3v) is 3.25. The second-order valence-corrected chi connectivity index (χ2v) is 5.20. The lowest BCUT2D eigenvalue weighted by atomic mass is 10.1. The first-order valence-electron chi connectivity index (χ1n) is 6.29. The SMILES string of the molecule is CCOCC(C)Oc1ccc(Br)cc1C(C)NC. The van der Waals surface area contributed by atoms with Crippen molar-refractivity contribution in [1.82, 2.24) is 5.32 Å². The van der Waals surface area contributed by atoms with Gasteiger partial charge in [0.15, 0.2) is 0 Å². The summed E-state index contributed by atoms with van der Waals surface area (Å²) in [6.45, 7) is 7.45. The first-order valence-corrected chi connectivity index (χ1v) is 7.08. The van der Waals surface area contributed by atoms with E-state index < -0.39 is 0 Å². The molecule has 102 valence electrons. The second kappa shape index (κ2) is 7.77. The molecule has 0 amide bonds. The van der Waals surface area contributed by atoms with Crippen molar-refractivity contribution < 1.29 is 9.47 Å². The summed E-state index contributed by atoms with van der Waals surface area (Å²) in [4.78, 5) is 0. The minimum Gasteiger partial charge on any atom is -0.488 e. The number of hydrogen-bond acceptors (Lipinski definition) is 3. The highest BCUT2D eigenvalue weighted by molar-refractivity contribution is 9.10. The Kier molecular flexibility index (Phi) is 6.68. The van der Waals surface area contributed by atoms with Crippen molar-refractivity contribution >= 4 is 15.9 Å². The quantitative estimate of drug-likeness (QED) is 0.835. The third-order valence-electron chi connectivity index (χ3n) is 2.76. The number of benzene rings is 1. The van der Waals surface area contributed by atoms with E-state index in [0.717, 1.165) is 15.8 Å². The Morgan fingerprint density at radius 1 is 1.33 bits per heavy atom. The lowest BCUT2D eigenvalue weighted by Crippen LogP contribution is -2.21. The smallest absolute Gasteiger partial charge is 0.124 e. The lowest BCUT2D eigenvalue weighted by molar-refractivity contribution is 0.0650. The van der Waals surface area contributed by atoms with E-state index in [0.29, 0.717) is 13.2 Å². The van der Waals surface area contributed by atoms with Gasteiger partial charge in [-0.3, -0.25) is 0 Å². The molecule has 0 aliphatic heterocycles. The normalized spacial score (nSPS) is 14.3. The van der Waals surface area contributed by atoms with Crippen LogP contribution in [0.3, 0.4) is 0 Å². The molecule has 18 heavy (non-hydrogen) atoms. The van der Waals surface area contributed by atoms with Gasteiger partial charge in [0, 0.05) is 22.7 Å². The number of nitrogens with one attached hydrogen (secondary N) is 1. The summed E-state index contributed by atoms with van der Waals surface area (Å²) in [5, 5.41) is 3.23. The maximum atomic E-state index is 5.94. The standard InChI is InChI=1S/C14H22BrNO2/c1-5-17-9-10(2)18-14-7-6-12(15)8-13(14)11(3)16-4/h6-8,10-11,16H,5,9H2,1-4H3. The van der Waals surface area contributed by atoms with Crippen LogP contribution in [0.1, 0.15) is 32.4 Å². The van der Waals surface area contributed by atoms with Crippen LogP contribution >= 0.6 is 15.9 Å². The van der Waals surface area contributed by atoms with E-state index in [1.54, 1.807) is 0 Å². The molecule has 0 aliphatic carbocycles. The van der Waals surface area contributed by atoms with Gasteiger partial charge in [-0.25, -0.2) is 0 Å². The zero-order valence-electron chi connectivity index (χ0n) is 11.5. The molecule has 0 heterocycles. The molecule has 0 spiro atoms. The van der Waals surface area contributed by atoms with E-state index in [2.05, 4.69) is 34.2 Å². The summed E-state index contributed by atoms with van der Waals surface area (Å²) >= 11 is 3.49. The van der Waals surface area contributed by atoms with Crippen molar-refractivity contribution in [1.29, 1.82) is 0 Å². The molecule has 0 radical (unpaired) electrons. The molecule has 0 saturated carbocycles. The molecule has 1 rings (SSSR count). The number of ether oxygens (including phenoxy) is 2. The molecular weight excluding hydrogens is 294 g/mol. The summed E-state index contributed by atoms with van der Waals surface area (Å²) in [5.74, 6) is 0.909. The zero-order chi connectivity index (χ0) is 13.5. The van der Waals surface area contributed by atoms with Gasteiger partial charge >= 0.3 is 0 Å². The van der Waals surface area contributed by atoms with Gasteiger partial charge in [-0.1, -0.05) is 15.9 Å². The van der Waals surface area contributed by atoms with Gasteiger partial charge in [-0.15, -0.1) is 0 Å². The van der Waals surface area contributed by atoms with Crippen molar-refractivity contribution in [3.8, 4) is 5.75 Å². The molecule has 0 aliphatic rings. The summed E-state index contributed by atoms with van der Waals surface area (Å²) in [6, 6.07) is 6.32. The van der Waals surface area contributed by atoms with Gasteiger partial charge in [-0.05, 0) is 46.0 Å². The molecule has 0 bridgehead atoms. The van der Waals surface area contributed by atoms with Crippen molar-refractivity contribution in [3.63, 3.8) is 0 Å². The van der Waals surface area contributed by atoms with E-state index >= 15 is 0 Å². The summed E-state index contributed by atoms with van der Waals surface area (Å²) in [5.41, 5.74) is 1.15. The highest BCUT2D eigenvalue weighted by Crippen LogP contribution is 2.29. The largest absolute Gasteiger partial charge is 0.488 e. The van der Waals surface area contributed by atoms with Crippen LogP contribution in [0.25, 0.3) is 0 Å². The Bertz CT molecular complexity index is 371. The fraction of sp³-hybridized carbons (Fsp3) is 0.571. The summed E-state index contributed by atoms with van der Waals surface area (Å²) in [7, 11) is 1.94. The molecule has 1 aromatic carbocycles. The highest BCUT2D eigenvalue weighted by Gasteiger charge is 2.13. The molecule has 4 heteroatoms. The maximum Gasteiger partial charge on any atom is 0.124 e. The van der Waals surface area contributed by atoms with Crippen molar-refractivity contribution in [2.75, 3.05) is 20.3 Å². The average Bonchev–Trinajstić information content (AvgIpc) is 2.37. The number of halogens is 1. The predicted octanol–water partition coefficient (Wildman–Crippen LogP) is 3.53. The fourth-order valence-electron chi connectivity index (χ4n) is 1.66. The molecular formula is C14H22BrNO2. The third kappa shape index (κ3) is 4.59. The van der Waals surface area contributed by atoms with E-state index in [1.165, 1.54) is 0 Å². The van der Waals surface area contributed by atoms with E-state index in [1.807, 2.05) is 33.0 Å². The van der Waals surface area contributed by atoms with Crippen LogP contribution in [0.2, 0.25) is 0 Å². The van der Waals surface area contributed by atoms with Crippen LogP contribution in [-0.2, 0) is 4.74 Å². The molecule has 0 saturated heterocycles. The van der Waals surface area contributed by atoms with Crippen molar-refractivity contribution in [2.24, 2.45) is 0 Å². The van der Waals surface area contributed by atoms with E-state index in [9.17, 15) is 0 Å². The van der Waals surface area contributed by atoms with Crippen LogP contribution in [-0.4, -0.2) is 26.4 Å². The van der Waals surface area contributed by atoms with Crippen LogP contribution in [0.5, 0.6) is 5.75 Å². The summed E-state index contributed by atoms with van der Waals surface area (Å²) < 4.78 is 12.4. The van der Waals surface area contributed by atoms with Gasteiger partial charge in [0.2, 0.25) is 0 Å². The monoisotopic (exact) mass is 315 g/mol. The second-order valence-electron chi connectivity index (χ2n) is 4.28. The number of rotatable bonds is 7. The van der Waals surface area contributed by atoms with Gasteiger partial charge in [0.1, 0.15) is 11.9 Å². The van der Waals surface area contributed by atoms with E-state index in [-0.39, 0.29) is 12.1 Å². The van der Waals surface area contributed by atoms with Crippen molar-refractivity contribution in [3.05, 3.63) is 28.2 Å². The average molecular weight is 316 g/mol. The minimum atomic E-state index is 0.0499.